The number of likely N-dealkylation sites (N-methyl/N-ethyl adjacent to an activating group) is 1. The molecule has 0 saturated carbocycles. The molecule has 0 aliphatic carbocycles. The molecule has 1 N–H and O–H groups in total. The Morgan fingerprint density at radius 3 is 2.57 bits per heavy atom. The van der Waals surface area contributed by atoms with Gasteiger partial charge < -0.3 is 10.2 Å². The predicted octanol–water partition coefficient (Wildman–Crippen LogP) is 2.23. The minimum Gasteiger partial charge on any atom is -0.363 e. The summed E-state index contributed by atoms with van der Waals surface area (Å²) in [6.45, 7) is 4.02. The van der Waals surface area contributed by atoms with E-state index in [1.807, 2.05) is 32.0 Å². The van der Waals surface area contributed by atoms with Crippen molar-refractivity contribution in [2.24, 2.45) is 7.05 Å². The number of anilines is 2. The van der Waals surface area contributed by atoms with Crippen molar-refractivity contribution < 1.29 is 4.79 Å². The maximum Gasteiger partial charge on any atom is 0.282 e. The number of amides is 1. The zero-order valence-electron chi connectivity index (χ0n) is 13.6. The third-order valence-electron chi connectivity index (χ3n) is 3.60. The Labute approximate surface area is 143 Å². The second-order valence-electron chi connectivity index (χ2n) is 5.44. The molecule has 0 aliphatic rings. The normalized spacial score (nSPS) is 10.5. The second kappa shape index (κ2) is 6.95. The first-order valence-electron chi connectivity index (χ1n) is 7.10. The fourth-order valence-electron chi connectivity index (χ4n) is 2.26. The molecule has 1 aromatic carbocycles. The van der Waals surface area contributed by atoms with Gasteiger partial charge in [-0.1, -0.05) is 18.2 Å². The summed E-state index contributed by atoms with van der Waals surface area (Å²) < 4.78 is 1.62. The molecule has 0 unspecified atom stereocenters. The standard InChI is InChI=1S/C16H19BrN4O2/c1-10-6-5-7-11(2)15(10)19-13(22)9-20(3)12-8-18-21(4)16(23)14(12)17/h5-8H,9H2,1-4H3,(H,19,22). The summed E-state index contributed by atoms with van der Waals surface area (Å²) in [6.07, 6.45) is 1.55. The molecule has 6 nitrogen and oxygen atoms in total. The molecule has 122 valence electrons. The maximum absolute atomic E-state index is 12.3. The molecule has 0 radical (unpaired) electrons. The van der Waals surface area contributed by atoms with Crippen LogP contribution in [-0.4, -0.2) is 29.3 Å². The van der Waals surface area contributed by atoms with Gasteiger partial charge in [0.1, 0.15) is 4.47 Å². The van der Waals surface area contributed by atoms with Gasteiger partial charge in [0.15, 0.2) is 0 Å². The van der Waals surface area contributed by atoms with E-state index in [0.29, 0.717) is 10.2 Å². The van der Waals surface area contributed by atoms with Crippen LogP contribution in [0.2, 0.25) is 0 Å². The SMILES string of the molecule is Cc1cccc(C)c1NC(=O)CN(C)c1cnn(C)c(=O)c1Br. The number of hydrogen-bond acceptors (Lipinski definition) is 4. The van der Waals surface area contributed by atoms with Crippen LogP contribution in [0.3, 0.4) is 0 Å². The Morgan fingerprint density at radius 2 is 1.96 bits per heavy atom. The van der Waals surface area contributed by atoms with Crippen molar-refractivity contribution in [2.75, 3.05) is 23.8 Å². The third-order valence-corrected chi connectivity index (χ3v) is 4.34. The lowest BCUT2D eigenvalue weighted by Crippen LogP contribution is -2.32. The number of aromatic nitrogens is 2. The minimum absolute atomic E-state index is 0.112. The van der Waals surface area contributed by atoms with Gasteiger partial charge in [0.25, 0.3) is 5.56 Å². The van der Waals surface area contributed by atoms with Crippen LogP contribution in [0.5, 0.6) is 0 Å². The molecule has 1 amide bonds. The van der Waals surface area contributed by atoms with E-state index in [1.54, 1.807) is 25.2 Å². The summed E-state index contributed by atoms with van der Waals surface area (Å²) in [5.74, 6) is -0.155. The first-order valence-corrected chi connectivity index (χ1v) is 7.89. The highest BCUT2D eigenvalue weighted by Gasteiger charge is 2.15. The number of carbonyl (C=O) groups excluding carboxylic acids is 1. The van der Waals surface area contributed by atoms with E-state index in [-0.39, 0.29) is 18.0 Å². The van der Waals surface area contributed by atoms with E-state index in [4.69, 9.17) is 0 Å². The molecule has 0 spiro atoms. The number of carbonyl (C=O) groups is 1. The van der Waals surface area contributed by atoms with E-state index < -0.39 is 0 Å². The zero-order valence-corrected chi connectivity index (χ0v) is 15.1. The lowest BCUT2D eigenvalue weighted by molar-refractivity contribution is -0.114. The third kappa shape index (κ3) is 3.79. The Kier molecular flexibility index (Phi) is 5.20. The molecule has 0 aliphatic heterocycles. The van der Waals surface area contributed by atoms with Crippen molar-refractivity contribution in [3.8, 4) is 0 Å². The molecule has 1 aromatic heterocycles. The van der Waals surface area contributed by atoms with Crippen LogP contribution in [0, 0.1) is 13.8 Å². The fraction of sp³-hybridized carbons (Fsp3) is 0.312. The monoisotopic (exact) mass is 378 g/mol. The summed E-state index contributed by atoms with van der Waals surface area (Å²) >= 11 is 3.26. The number of nitrogens with one attached hydrogen (secondary N) is 1. The molecule has 1 heterocycles. The van der Waals surface area contributed by atoms with Crippen LogP contribution in [0.1, 0.15) is 11.1 Å². The Balaban J connectivity index is 2.15. The maximum atomic E-state index is 12.3. The number of nitrogens with zero attached hydrogens (tertiary/aromatic N) is 3. The van der Waals surface area contributed by atoms with Gasteiger partial charge >= 0.3 is 0 Å². The Morgan fingerprint density at radius 1 is 1.35 bits per heavy atom. The van der Waals surface area contributed by atoms with E-state index in [2.05, 4.69) is 26.3 Å². The molecule has 2 rings (SSSR count). The summed E-state index contributed by atoms with van der Waals surface area (Å²) in [5, 5.41) is 6.91. The molecule has 0 atom stereocenters. The Bertz CT molecular complexity index is 781. The van der Waals surface area contributed by atoms with Crippen molar-refractivity contribution in [1.82, 2.24) is 9.78 Å². The van der Waals surface area contributed by atoms with Gasteiger partial charge in [-0.05, 0) is 40.9 Å². The second-order valence-corrected chi connectivity index (χ2v) is 6.24. The lowest BCUT2D eigenvalue weighted by atomic mass is 10.1. The number of hydrogen-bond donors (Lipinski definition) is 1. The summed E-state index contributed by atoms with van der Waals surface area (Å²) in [4.78, 5) is 25.9. The number of aryl methyl sites for hydroxylation is 3. The van der Waals surface area contributed by atoms with Gasteiger partial charge in [-0.25, -0.2) is 4.68 Å². The first kappa shape index (κ1) is 17.2. The van der Waals surface area contributed by atoms with E-state index in [9.17, 15) is 9.59 Å². The quantitative estimate of drug-likeness (QED) is 0.885. The van der Waals surface area contributed by atoms with Crippen molar-refractivity contribution in [3.05, 3.63) is 50.3 Å². The fourth-order valence-corrected chi connectivity index (χ4v) is 2.92. The van der Waals surface area contributed by atoms with Crippen LogP contribution in [0.15, 0.2) is 33.7 Å². The highest BCUT2D eigenvalue weighted by atomic mass is 79.9. The molecule has 2 aromatic rings. The summed E-state index contributed by atoms with van der Waals surface area (Å²) in [7, 11) is 3.32. The molecule has 0 saturated heterocycles. The van der Waals surface area contributed by atoms with Gasteiger partial charge in [0.2, 0.25) is 5.91 Å². The smallest absolute Gasteiger partial charge is 0.282 e. The van der Waals surface area contributed by atoms with Gasteiger partial charge in [0, 0.05) is 19.8 Å². The number of para-hydroxylation sites is 1. The largest absolute Gasteiger partial charge is 0.363 e. The molecule has 0 bridgehead atoms. The van der Waals surface area contributed by atoms with Crippen LogP contribution >= 0.6 is 15.9 Å². The van der Waals surface area contributed by atoms with Gasteiger partial charge in [-0.2, -0.15) is 5.10 Å². The van der Waals surface area contributed by atoms with Crippen molar-refractivity contribution in [1.29, 1.82) is 0 Å². The van der Waals surface area contributed by atoms with Gasteiger partial charge in [-0.15, -0.1) is 0 Å². The minimum atomic E-state index is -0.246. The zero-order chi connectivity index (χ0) is 17.1. The van der Waals surface area contributed by atoms with E-state index >= 15 is 0 Å². The topological polar surface area (TPSA) is 67.2 Å². The highest BCUT2D eigenvalue weighted by molar-refractivity contribution is 9.10. The van der Waals surface area contributed by atoms with Crippen molar-refractivity contribution >= 4 is 33.2 Å². The Hall–Kier alpha value is -2.15. The molecule has 23 heavy (non-hydrogen) atoms. The molecular formula is C16H19BrN4O2. The van der Waals surface area contributed by atoms with Crippen LogP contribution < -0.4 is 15.8 Å². The van der Waals surface area contributed by atoms with Gasteiger partial charge in [0.05, 0.1) is 18.4 Å². The summed E-state index contributed by atoms with van der Waals surface area (Å²) in [6, 6.07) is 5.86. The summed E-state index contributed by atoms with van der Waals surface area (Å²) in [5.41, 5.74) is 3.18. The van der Waals surface area contributed by atoms with Gasteiger partial charge in [-0.3, -0.25) is 9.59 Å². The number of halogens is 1. The van der Waals surface area contributed by atoms with Crippen molar-refractivity contribution in [2.45, 2.75) is 13.8 Å². The number of benzene rings is 1. The van der Waals surface area contributed by atoms with Crippen LogP contribution in [0.4, 0.5) is 11.4 Å². The van der Waals surface area contributed by atoms with E-state index in [0.717, 1.165) is 16.8 Å². The molecular weight excluding hydrogens is 360 g/mol. The van der Waals surface area contributed by atoms with Crippen molar-refractivity contribution in [3.63, 3.8) is 0 Å². The molecule has 0 fully saturated rings. The van der Waals surface area contributed by atoms with E-state index in [1.165, 1.54) is 4.68 Å². The highest BCUT2D eigenvalue weighted by Crippen LogP contribution is 2.21. The molecule has 7 heteroatoms. The average molecular weight is 379 g/mol. The predicted molar refractivity (Wildman–Crippen MR) is 95.0 cm³/mol. The number of rotatable bonds is 4. The first-order chi connectivity index (χ1) is 10.8. The van der Waals surface area contributed by atoms with Crippen LogP contribution in [-0.2, 0) is 11.8 Å². The van der Waals surface area contributed by atoms with Crippen LogP contribution in [0.25, 0.3) is 0 Å². The average Bonchev–Trinajstić information content (AvgIpc) is 2.48. The lowest BCUT2D eigenvalue weighted by Gasteiger charge is -2.20.